The van der Waals surface area contributed by atoms with E-state index in [1.807, 2.05) is 12.1 Å². The molecule has 4 nitrogen and oxygen atoms in total. The van der Waals surface area contributed by atoms with Crippen molar-refractivity contribution in [1.29, 1.82) is 0 Å². The molecule has 1 aromatic carbocycles. The number of hydrogen-bond donors (Lipinski definition) is 2. The van der Waals surface area contributed by atoms with Gasteiger partial charge in [-0.1, -0.05) is 13.8 Å². The molecule has 0 aliphatic carbocycles. The Morgan fingerprint density at radius 1 is 0.769 bits per heavy atom. The van der Waals surface area contributed by atoms with Crippen LogP contribution in [0.3, 0.4) is 0 Å². The molecule has 146 valence electrons. The predicted molar refractivity (Wildman–Crippen MR) is 115 cm³/mol. The zero-order valence-electron chi connectivity index (χ0n) is 17.7. The first-order valence-corrected chi connectivity index (χ1v) is 11.4. The fourth-order valence-electron chi connectivity index (χ4n) is 2.64. The monoisotopic (exact) mass is 392 g/mol. The fourth-order valence-corrected chi connectivity index (χ4v) is 4.84. The normalized spacial score (nSPS) is 15.1. The molecule has 1 rings (SSSR count). The Labute approximate surface area is 165 Å². The van der Waals surface area contributed by atoms with Crippen molar-refractivity contribution >= 4 is 30.9 Å². The Balaban J connectivity index is 3.27. The van der Waals surface area contributed by atoms with Gasteiger partial charge in [0.2, 0.25) is 19.5 Å². The van der Waals surface area contributed by atoms with E-state index in [-0.39, 0.29) is 22.3 Å². The molecule has 0 bridgehead atoms. The van der Waals surface area contributed by atoms with Crippen LogP contribution in [0.4, 0.5) is 11.4 Å². The Bertz CT molecular complexity index is 529. The van der Waals surface area contributed by atoms with Gasteiger partial charge in [0.05, 0.1) is 0 Å². The van der Waals surface area contributed by atoms with Gasteiger partial charge in [-0.2, -0.15) is 0 Å². The molecule has 0 spiro atoms. The lowest BCUT2D eigenvalue weighted by Crippen LogP contribution is -2.29. The molecule has 6 heteroatoms. The fraction of sp³-hybridized carbons (Fsp3) is 0.700. The van der Waals surface area contributed by atoms with Crippen LogP contribution in [0.25, 0.3) is 0 Å². The van der Waals surface area contributed by atoms with Gasteiger partial charge in [0, 0.05) is 33.7 Å². The molecule has 1 aromatic rings. The molecular formula is C20H36N2O2Si2. The molecule has 0 fully saturated rings. The van der Waals surface area contributed by atoms with E-state index in [0.29, 0.717) is 19.5 Å². The van der Waals surface area contributed by atoms with Crippen LogP contribution in [0.15, 0.2) is 12.1 Å². The lowest BCUT2D eigenvalue weighted by atomic mass is 9.95. The standard InChI is InChI=1S/C20H36N2O2Si2/c1-9-15(25-23-19(3,4)5)17-13(21)11-12-14(22)18(17)16(10-2)26-24-20(6,7)8/h11-12,15-16H,9-10,21-22H2,1-8H3. The molecule has 0 aromatic heterocycles. The highest BCUT2D eigenvalue weighted by Gasteiger charge is 2.28. The zero-order valence-corrected chi connectivity index (χ0v) is 19.7. The molecular weight excluding hydrogens is 356 g/mol. The molecule has 0 amide bonds. The maximum atomic E-state index is 6.44. The first-order valence-electron chi connectivity index (χ1n) is 9.44. The molecule has 0 saturated carbocycles. The van der Waals surface area contributed by atoms with Crippen LogP contribution in [0.2, 0.25) is 0 Å². The summed E-state index contributed by atoms with van der Waals surface area (Å²) in [6, 6.07) is 3.86. The van der Waals surface area contributed by atoms with Gasteiger partial charge in [0.25, 0.3) is 0 Å². The second kappa shape index (κ2) is 9.39. The third-order valence-corrected chi connectivity index (χ3v) is 7.31. The van der Waals surface area contributed by atoms with E-state index in [9.17, 15) is 0 Å². The number of anilines is 2. The predicted octanol–water partition coefficient (Wildman–Crippen LogP) is 4.62. The largest absolute Gasteiger partial charge is 0.412 e. The van der Waals surface area contributed by atoms with Crippen LogP contribution in [0.5, 0.6) is 0 Å². The van der Waals surface area contributed by atoms with Gasteiger partial charge >= 0.3 is 0 Å². The average molecular weight is 393 g/mol. The number of nitrogen functional groups attached to an aromatic ring is 2. The van der Waals surface area contributed by atoms with E-state index in [2.05, 4.69) is 55.4 Å². The van der Waals surface area contributed by atoms with E-state index in [1.54, 1.807) is 0 Å². The van der Waals surface area contributed by atoms with Crippen molar-refractivity contribution in [2.45, 2.75) is 90.5 Å². The summed E-state index contributed by atoms with van der Waals surface area (Å²) >= 11 is 0. The van der Waals surface area contributed by atoms with Gasteiger partial charge in [0.1, 0.15) is 0 Å². The van der Waals surface area contributed by atoms with Crippen molar-refractivity contribution in [3.63, 3.8) is 0 Å². The molecule has 0 heterocycles. The minimum atomic E-state index is -0.164. The van der Waals surface area contributed by atoms with E-state index in [4.69, 9.17) is 20.3 Å². The minimum absolute atomic E-state index is 0.164. The van der Waals surface area contributed by atoms with Crippen LogP contribution in [0.1, 0.15) is 90.4 Å². The highest BCUT2D eigenvalue weighted by atomic mass is 28.2. The van der Waals surface area contributed by atoms with Crippen molar-refractivity contribution < 1.29 is 8.85 Å². The summed E-state index contributed by atoms with van der Waals surface area (Å²) in [7, 11) is 0.707. The third kappa shape index (κ3) is 7.06. The quantitative estimate of drug-likeness (QED) is 0.500. The van der Waals surface area contributed by atoms with Gasteiger partial charge < -0.3 is 20.3 Å². The summed E-state index contributed by atoms with van der Waals surface area (Å²) in [6.07, 6.45) is 1.93. The van der Waals surface area contributed by atoms with Crippen LogP contribution in [-0.2, 0) is 8.85 Å². The number of nitrogens with two attached hydrogens (primary N) is 2. The summed E-state index contributed by atoms with van der Waals surface area (Å²) in [6.45, 7) is 16.9. The highest BCUT2D eigenvalue weighted by Crippen LogP contribution is 2.38. The van der Waals surface area contributed by atoms with Crippen molar-refractivity contribution in [3.05, 3.63) is 23.3 Å². The Hall–Kier alpha value is -0.826. The first-order chi connectivity index (χ1) is 11.9. The summed E-state index contributed by atoms with van der Waals surface area (Å²) in [5.41, 5.74) is 17.0. The lowest BCUT2D eigenvalue weighted by molar-refractivity contribution is 0.134. The second-order valence-electron chi connectivity index (χ2n) is 8.66. The van der Waals surface area contributed by atoms with Gasteiger partial charge in [-0.05, 0) is 77.6 Å². The van der Waals surface area contributed by atoms with Crippen molar-refractivity contribution in [2.24, 2.45) is 0 Å². The van der Waals surface area contributed by atoms with Crippen LogP contribution in [-0.4, -0.2) is 30.7 Å². The van der Waals surface area contributed by atoms with Gasteiger partial charge in [-0.3, -0.25) is 0 Å². The summed E-state index contributed by atoms with van der Waals surface area (Å²) < 4.78 is 12.2. The third-order valence-electron chi connectivity index (χ3n) is 3.88. The maximum absolute atomic E-state index is 6.44. The molecule has 2 atom stereocenters. The average Bonchev–Trinajstić information content (AvgIpc) is 2.51. The summed E-state index contributed by atoms with van der Waals surface area (Å²) in [5, 5.41) is 0. The van der Waals surface area contributed by atoms with E-state index in [1.165, 1.54) is 0 Å². The molecule has 4 N–H and O–H groups in total. The molecule has 4 radical (unpaired) electrons. The number of benzene rings is 1. The summed E-state index contributed by atoms with van der Waals surface area (Å²) in [5.74, 6) is 0. The molecule has 26 heavy (non-hydrogen) atoms. The van der Waals surface area contributed by atoms with Crippen molar-refractivity contribution in [2.75, 3.05) is 11.5 Å². The Morgan fingerprint density at radius 2 is 1.08 bits per heavy atom. The number of rotatable bonds is 8. The van der Waals surface area contributed by atoms with Gasteiger partial charge in [0.15, 0.2) is 0 Å². The summed E-state index contributed by atoms with van der Waals surface area (Å²) in [4.78, 5) is 0. The Morgan fingerprint density at radius 3 is 1.31 bits per heavy atom. The smallest absolute Gasteiger partial charge is 0.238 e. The van der Waals surface area contributed by atoms with E-state index < -0.39 is 0 Å². The van der Waals surface area contributed by atoms with Gasteiger partial charge in [-0.15, -0.1) is 0 Å². The molecule has 0 aliphatic heterocycles. The van der Waals surface area contributed by atoms with Gasteiger partial charge in [-0.25, -0.2) is 0 Å². The van der Waals surface area contributed by atoms with Crippen LogP contribution < -0.4 is 11.5 Å². The van der Waals surface area contributed by atoms with Crippen molar-refractivity contribution in [1.82, 2.24) is 0 Å². The highest BCUT2D eigenvalue weighted by molar-refractivity contribution is 6.32. The zero-order chi connectivity index (χ0) is 20.1. The molecule has 0 aliphatic rings. The topological polar surface area (TPSA) is 70.5 Å². The van der Waals surface area contributed by atoms with E-state index >= 15 is 0 Å². The van der Waals surface area contributed by atoms with Crippen molar-refractivity contribution in [3.8, 4) is 0 Å². The lowest BCUT2D eigenvalue weighted by Gasteiger charge is -2.29. The maximum Gasteiger partial charge on any atom is 0.238 e. The SMILES string of the molecule is CCC([Si]OC(C)(C)C)c1c(N)ccc(N)c1C(CC)[Si]OC(C)(C)C. The second-order valence-corrected chi connectivity index (χ2v) is 10.9. The first kappa shape index (κ1) is 23.2. The number of hydrogen-bond acceptors (Lipinski definition) is 4. The van der Waals surface area contributed by atoms with Crippen LogP contribution >= 0.6 is 0 Å². The minimum Gasteiger partial charge on any atom is -0.412 e. The molecule has 2 unspecified atom stereocenters. The van der Waals surface area contributed by atoms with Crippen LogP contribution in [0, 0.1) is 0 Å². The van der Waals surface area contributed by atoms with E-state index in [0.717, 1.165) is 35.3 Å². The molecule has 0 saturated heterocycles. The Kier molecular flexibility index (Phi) is 8.39.